The zero-order valence-electron chi connectivity index (χ0n) is 13.8. The summed E-state index contributed by atoms with van der Waals surface area (Å²) >= 11 is 0. The first-order valence-electron chi connectivity index (χ1n) is 7.62. The van der Waals surface area contributed by atoms with Crippen LogP contribution in [0.25, 0.3) is 0 Å². The molecular formula is C19H23NO3. The van der Waals surface area contributed by atoms with Crippen LogP contribution in [-0.4, -0.2) is 26.7 Å². The van der Waals surface area contributed by atoms with Gasteiger partial charge < -0.3 is 14.8 Å². The third-order valence-electron chi connectivity index (χ3n) is 3.80. The molecule has 0 saturated carbocycles. The number of nitrogens with one attached hydrogen (secondary N) is 1. The second-order valence-corrected chi connectivity index (χ2v) is 5.41. The van der Waals surface area contributed by atoms with Gasteiger partial charge in [0.2, 0.25) is 5.91 Å². The molecule has 2 aromatic carbocycles. The highest BCUT2D eigenvalue weighted by molar-refractivity contribution is 5.78. The Hall–Kier alpha value is -2.33. The number of carbonyl (C=O) groups is 1. The summed E-state index contributed by atoms with van der Waals surface area (Å²) < 4.78 is 10.7. The van der Waals surface area contributed by atoms with Gasteiger partial charge >= 0.3 is 0 Å². The Morgan fingerprint density at radius 3 is 2.61 bits per heavy atom. The van der Waals surface area contributed by atoms with Crippen LogP contribution in [0.5, 0.6) is 5.75 Å². The Morgan fingerprint density at radius 1 is 1.13 bits per heavy atom. The first-order valence-corrected chi connectivity index (χ1v) is 7.62. The van der Waals surface area contributed by atoms with E-state index in [-0.39, 0.29) is 12.0 Å². The molecule has 0 aliphatic heterocycles. The number of ether oxygens (including phenoxy) is 2. The quantitative estimate of drug-likeness (QED) is 0.854. The molecule has 1 atom stereocenters. The van der Waals surface area contributed by atoms with Crippen molar-refractivity contribution in [2.75, 3.05) is 20.8 Å². The molecule has 0 fully saturated rings. The van der Waals surface area contributed by atoms with E-state index in [2.05, 4.69) is 5.32 Å². The number of amides is 1. The fraction of sp³-hybridized carbons (Fsp3) is 0.316. The van der Waals surface area contributed by atoms with Crippen molar-refractivity contribution in [3.63, 3.8) is 0 Å². The van der Waals surface area contributed by atoms with Crippen molar-refractivity contribution in [1.29, 1.82) is 0 Å². The molecular weight excluding hydrogens is 290 g/mol. The molecule has 0 heterocycles. The van der Waals surface area contributed by atoms with Crippen molar-refractivity contribution in [2.45, 2.75) is 19.4 Å². The standard InChI is InChI=1S/C19H23NO3/c1-14-7-4-5-10-17(14)18(23-3)13-20-19(21)12-15-8-6-9-16(11-15)22-2/h4-11,18H,12-13H2,1-3H3,(H,20,21). The summed E-state index contributed by atoms with van der Waals surface area (Å²) in [6.07, 6.45) is 0.173. The maximum atomic E-state index is 12.1. The molecule has 23 heavy (non-hydrogen) atoms. The van der Waals surface area contributed by atoms with E-state index in [1.807, 2.05) is 55.5 Å². The third-order valence-corrected chi connectivity index (χ3v) is 3.80. The molecule has 2 aromatic rings. The number of rotatable bonds is 7. The van der Waals surface area contributed by atoms with E-state index < -0.39 is 0 Å². The van der Waals surface area contributed by atoms with Crippen molar-refractivity contribution in [2.24, 2.45) is 0 Å². The van der Waals surface area contributed by atoms with Crippen molar-refractivity contribution in [3.05, 3.63) is 65.2 Å². The van der Waals surface area contributed by atoms with Crippen molar-refractivity contribution in [3.8, 4) is 5.75 Å². The van der Waals surface area contributed by atoms with Crippen molar-refractivity contribution >= 4 is 5.91 Å². The monoisotopic (exact) mass is 313 g/mol. The highest BCUT2D eigenvalue weighted by atomic mass is 16.5. The van der Waals surface area contributed by atoms with Gasteiger partial charge in [0, 0.05) is 13.7 Å². The molecule has 0 aliphatic rings. The molecule has 1 N–H and O–H groups in total. The number of hydrogen-bond acceptors (Lipinski definition) is 3. The number of benzene rings is 2. The summed E-state index contributed by atoms with van der Waals surface area (Å²) in [5, 5.41) is 2.94. The van der Waals surface area contributed by atoms with Gasteiger partial charge in [-0.05, 0) is 35.7 Å². The molecule has 0 radical (unpaired) electrons. The normalized spacial score (nSPS) is 11.8. The van der Waals surface area contributed by atoms with E-state index in [4.69, 9.17) is 9.47 Å². The van der Waals surface area contributed by atoms with Gasteiger partial charge in [-0.15, -0.1) is 0 Å². The van der Waals surface area contributed by atoms with E-state index >= 15 is 0 Å². The minimum Gasteiger partial charge on any atom is -0.497 e. The highest BCUT2D eigenvalue weighted by Gasteiger charge is 2.14. The van der Waals surface area contributed by atoms with E-state index in [1.165, 1.54) is 0 Å². The lowest BCUT2D eigenvalue weighted by molar-refractivity contribution is -0.121. The SMILES string of the molecule is COc1cccc(CC(=O)NCC(OC)c2ccccc2C)c1. The maximum Gasteiger partial charge on any atom is 0.224 e. The number of methoxy groups -OCH3 is 2. The summed E-state index contributed by atoms with van der Waals surface area (Å²) in [6, 6.07) is 15.6. The largest absolute Gasteiger partial charge is 0.497 e. The molecule has 1 unspecified atom stereocenters. The second-order valence-electron chi connectivity index (χ2n) is 5.41. The summed E-state index contributed by atoms with van der Waals surface area (Å²) in [5.74, 6) is 0.721. The van der Waals surface area contributed by atoms with Crippen LogP contribution in [0.2, 0.25) is 0 Å². The molecule has 122 valence electrons. The second kappa shape index (κ2) is 8.34. The Bertz CT molecular complexity index is 655. The van der Waals surface area contributed by atoms with Gasteiger partial charge in [0.1, 0.15) is 5.75 Å². The van der Waals surface area contributed by atoms with Gasteiger partial charge in [0.25, 0.3) is 0 Å². The van der Waals surface area contributed by atoms with E-state index in [1.54, 1.807) is 14.2 Å². The van der Waals surface area contributed by atoms with Crippen LogP contribution in [0, 0.1) is 6.92 Å². The van der Waals surface area contributed by atoms with E-state index in [9.17, 15) is 4.79 Å². The Kier molecular flexibility index (Phi) is 6.18. The summed E-state index contributed by atoms with van der Waals surface area (Å²) in [5.41, 5.74) is 3.17. The molecule has 0 aromatic heterocycles. The lowest BCUT2D eigenvalue weighted by atomic mass is 10.0. The van der Waals surface area contributed by atoms with E-state index in [0.29, 0.717) is 13.0 Å². The first-order chi connectivity index (χ1) is 11.1. The van der Waals surface area contributed by atoms with Gasteiger partial charge in [0.15, 0.2) is 0 Å². The highest BCUT2D eigenvalue weighted by Crippen LogP contribution is 2.19. The Morgan fingerprint density at radius 2 is 1.91 bits per heavy atom. The van der Waals surface area contributed by atoms with Crippen molar-refractivity contribution in [1.82, 2.24) is 5.32 Å². The maximum absolute atomic E-state index is 12.1. The molecule has 2 rings (SSSR count). The molecule has 1 amide bonds. The zero-order chi connectivity index (χ0) is 16.7. The third kappa shape index (κ3) is 4.83. The smallest absolute Gasteiger partial charge is 0.224 e. The summed E-state index contributed by atoms with van der Waals surface area (Å²) in [7, 11) is 3.27. The molecule has 0 bridgehead atoms. The molecule has 0 spiro atoms. The lowest BCUT2D eigenvalue weighted by Crippen LogP contribution is -2.30. The molecule has 0 aliphatic carbocycles. The number of hydrogen-bond donors (Lipinski definition) is 1. The fourth-order valence-electron chi connectivity index (χ4n) is 2.51. The van der Waals surface area contributed by atoms with Crippen molar-refractivity contribution < 1.29 is 14.3 Å². The first kappa shape index (κ1) is 17.0. The molecule has 0 saturated heterocycles. The minimum atomic E-state index is -0.148. The predicted molar refractivity (Wildman–Crippen MR) is 90.6 cm³/mol. The zero-order valence-corrected chi connectivity index (χ0v) is 13.8. The average molecular weight is 313 g/mol. The number of aryl methyl sites for hydroxylation is 1. The summed E-state index contributed by atoms with van der Waals surface area (Å²) in [4.78, 5) is 12.1. The molecule has 4 nitrogen and oxygen atoms in total. The van der Waals surface area contributed by atoms with Crippen LogP contribution in [-0.2, 0) is 16.0 Å². The number of carbonyl (C=O) groups excluding carboxylic acids is 1. The van der Waals surface area contributed by atoms with Gasteiger partial charge in [-0.3, -0.25) is 4.79 Å². The van der Waals surface area contributed by atoms with Gasteiger partial charge in [0.05, 0.1) is 19.6 Å². The topological polar surface area (TPSA) is 47.6 Å². The van der Waals surface area contributed by atoms with Gasteiger partial charge in [-0.25, -0.2) is 0 Å². The van der Waals surface area contributed by atoms with Crippen LogP contribution in [0.1, 0.15) is 22.8 Å². The minimum absolute atomic E-state index is 0.0334. The average Bonchev–Trinajstić information content (AvgIpc) is 2.57. The Balaban J connectivity index is 1.93. The Labute approximate surface area is 137 Å². The molecule has 4 heteroatoms. The lowest BCUT2D eigenvalue weighted by Gasteiger charge is -2.18. The van der Waals surface area contributed by atoms with Gasteiger partial charge in [-0.2, -0.15) is 0 Å². The van der Waals surface area contributed by atoms with Crippen LogP contribution in [0.15, 0.2) is 48.5 Å². The van der Waals surface area contributed by atoms with Gasteiger partial charge in [-0.1, -0.05) is 36.4 Å². The summed E-state index contributed by atoms with van der Waals surface area (Å²) in [6.45, 7) is 2.49. The van der Waals surface area contributed by atoms with Crippen LogP contribution in [0.3, 0.4) is 0 Å². The van der Waals surface area contributed by atoms with E-state index in [0.717, 1.165) is 22.4 Å². The fourth-order valence-corrected chi connectivity index (χ4v) is 2.51. The van der Waals surface area contributed by atoms with Crippen LogP contribution < -0.4 is 10.1 Å². The van der Waals surface area contributed by atoms with Crippen LogP contribution >= 0.6 is 0 Å². The predicted octanol–water partition coefficient (Wildman–Crippen LogP) is 3.05. The van der Waals surface area contributed by atoms with Crippen LogP contribution in [0.4, 0.5) is 0 Å².